The van der Waals surface area contributed by atoms with Crippen LogP contribution in [0.3, 0.4) is 0 Å². The number of rotatable bonds is 6. The van der Waals surface area contributed by atoms with Gasteiger partial charge in [-0.2, -0.15) is 0 Å². The third kappa shape index (κ3) is 4.95. The molecule has 0 heterocycles. The molecule has 1 rings (SSSR count). The predicted octanol–water partition coefficient (Wildman–Crippen LogP) is 4.73. The van der Waals surface area contributed by atoms with E-state index in [0.717, 1.165) is 25.0 Å². The Morgan fingerprint density at radius 2 is 2.28 bits per heavy atom. The molecule has 0 saturated carbocycles. The third-order valence-electron chi connectivity index (χ3n) is 3.60. The summed E-state index contributed by atoms with van der Waals surface area (Å²) in [5, 5.41) is 0. The minimum atomic E-state index is 0.553. The van der Waals surface area contributed by atoms with E-state index in [1.165, 1.54) is 12.0 Å². The fourth-order valence-electron chi connectivity index (χ4n) is 2.44. The average molecular weight is 245 g/mol. The highest BCUT2D eigenvalue weighted by Crippen LogP contribution is 2.25. The summed E-state index contributed by atoms with van der Waals surface area (Å²) in [5.41, 5.74) is 9.46. The van der Waals surface area contributed by atoms with E-state index < -0.39 is 0 Å². The molecule has 1 atom stereocenters. The lowest BCUT2D eigenvalue weighted by molar-refractivity contribution is 0.636. The molecule has 1 aliphatic carbocycles. The van der Waals surface area contributed by atoms with E-state index >= 15 is 0 Å². The molecule has 0 aliphatic heterocycles. The van der Waals surface area contributed by atoms with Crippen LogP contribution in [0.15, 0.2) is 47.7 Å². The van der Waals surface area contributed by atoms with Crippen molar-refractivity contribution in [2.24, 2.45) is 17.6 Å². The van der Waals surface area contributed by atoms with E-state index in [-0.39, 0.29) is 0 Å². The van der Waals surface area contributed by atoms with Crippen molar-refractivity contribution in [2.75, 3.05) is 0 Å². The van der Waals surface area contributed by atoms with Crippen molar-refractivity contribution in [1.82, 2.24) is 0 Å². The van der Waals surface area contributed by atoms with Gasteiger partial charge in [-0.1, -0.05) is 55.9 Å². The van der Waals surface area contributed by atoms with Gasteiger partial charge in [0.05, 0.1) is 0 Å². The molecule has 1 aliphatic rings. The number of nitrogens with two attached hydrogens (primary N) is 1. The smallest absolute Gasteiger partial charge is 0.00135 e. The molecule has 1 unspecified atom stereocenters. The molecule has 0 radical (unpaired) electrons. The van der Waals surface area contributed by atoms with Crippen LogP contribution in [-0.2, 0) is 0 Å². The first-order chi connectivity index (χ1) is 8.52. The van der Waals surface area contributed by atoms with Crippen LogP contribution in [0.1, 0.15) is 46.5 Å². The summed E-state index contributed by atoms with van der Waals surface area (Å²) < 4.78 is 0. The molecule has 0 aromatic rings. The molecular weight excluding hydrogens is 218 g/mol. The van der Waals surface area contributed by atoms with Crippen LogP contribution in [0.25, 0.3) is 0 Å². The predicted molar refractivity (Wildman–Crippen MR) is 81.1 cm³/mol. The van der Waals surface area contributed by atoms with Gasteiger partial charge in [0.15, 0.2) is 0 Å². The lowest BCUT2D eigenvalue weighted by Gasteiger charge is -2.17. The van der Waals surface area contributed by atoms with E-state index in [2.05, 4.69) is 51.7 Å². The Hall–Kier alpha value is -1.24. The first kappa shape index (κ1) is 14.8. The second-order valence-corrected chi connectivity index (χ2v) is 5.51. The maximum atomic E-state index is 5.65. The van der Waals surface area contributed by atoms with Crippen LogP contribution in [0.5, 0.6) is 0 Å². The van der Waals surface area contributed by atoms with Crippen molar-refractivity contribution in [2.45, 2.75) is 46.5 Å². The van der Waals surface area contributed by atoms with E-state index in [1.54, 1.807) is 5.57 Å². The fourth-order valence-corrected chi connectivity index (χ4v) is 2.44. The molecule has 100 valence electrons. The summed E-state index contributed by atoms with van der Waals surface area (Å²) >= 11 is 0. The van der Waals surface area contributed by atoms with Crippen molar-refractivity contribution in [3.05, 3.63) is 47.7 Å². The highest BCUT2D eigenvalue weighted by Gasteiger charge is 2.10. The Morgan fingerprint density at radius 3 is 2.72 bits per heavy atom. The van der Waals surface area contributed by atoms with Gasteiger partial charge in [0.2, 0.25) is 0 Å². The summed E-state index contributed by atoms with van der Waals surface area (Å²) in [5.74, 6) is 1.22. The Kier molecular flexibility index (Phi) is 5.97. The SMILES string of the molecule is C=C(N)CC1C=CC(CC/C(=C\C)C(C)C)=CC1. The fraction of sp³-hybridized carbons (Fsp3) is 0.529. The van der Waals surface area contributed by atoms with E-state index in [9.17, 15) is 0 Å². The minimum Gasteiger partial charge on any atom is -0.402 e. The van der Waals surface area contributed by atoms with Gasteiger partial charge in [-0.05, 0) is 44.4 Å². The van der Waals surface area contributed by atoms with E-state index in [4.69, 9.17) is 5.73 Å². The largest absolute Gasteiger partial charge is 0.402 e. The van der Waals surface area contributed by atoms with E-state index in [0.29, 0.717) is 11.8 Å². The molecule has 0 amide bonds. The van der Waals surface area contributed by atoms with Gasteiger partial charge >= 0.3 is 0 Å². The van der Waals surface area contributed by atoms with Crippen molar-refractivity contribution >= 4 is 0 Å². The number of allylic oxidation sites excluding steroid dienone is 7. The molecule has 0 saturated heterocycles. The van der Waals surface area contributed by atoms with Crippen LogP contribution >= 0.6 is 0 Å². The van der Waals surface area contributed by atoms with Crippen LogP contribution in [-0.4, -0.2) is 0 Å². The summed E-state index contributed by atoms with van der Waals surface area (Å²) in [6.45, 7) is 10.5. The molecular formula is C17H27N. The summed E-state index contributed by atoms with van der Waals surface area (Å²) in [4.78, 5) is 0. The quantitative estimate of drug-likeness (QED) is 0.672. The second-order valence-electron chi connectivity index (χ2n) is 5.51. The monoisotopic (exact) mass is 245 g/mol. The molecule has 2 N–H and O–H groups in total. The van der Waals surface area contributed by atoms with Crippen LogP contribution in [0.2, 0.25) is 0 Å². The second kappa shape index (κ2) is 7.25. The molecule has 0 bridgehead atoms. The number of hydrogen-bond acceptors (Lipinski definition) is 1. The molecule has 1 heteroatoms. The zero-order valence-corrected chi connectivity index (χ0v) is 12.1. The van der Waals surface area contributed by atoms with Gasteiger partial charge in [0, 0.05) is 5.70 Å². The van der Waals surface area contributed by atoms with Crippen molar-refractivity contribution in [1.29, 1.82) is 0 Å². The molecule has 0 fully saturated rings. The lowest BCUT2D eigenvalue weighted by atomic mass is 9.89. The number of hydrogen-bond donors (Lipinski definition) is 1. The van der Waals surface area contributed by atoms with Crippen LogP contribution in [0, 0.1) is 11.8 Å². The van der Waals surface area contributed by atoms with Crippen molar-refractivity contribution in [3.8, 4) is 0 Å². The van der Waals surface area contributed by atoms with Gasteiger partial charge in [-0.25, -0.2) is 0 Å². The van der Waals surface area contributed by atoms with Gasteiger partial charge in [-0.15, -0.1) is 0 Å². The first-order valence-electron chi connectivity index (χ1n) is 6.98. The Morgan fingerprint density at radius 1 is 1.56 bits per heavy atom. The third-order valence-corrected chi connectivity index (χ3v) is 3.60. The molecule has 0 aromatic heterocycles. The van der Waals surface area contributed by atoms with Gasteiger partial charge in [-0.3, -0.25) is 0 Å². The standard InChI is InChI=1S/C17H27N/c1-5-17(13(2)3)11-10-15-6-8-16(9-7-15)12-14(4)18/h5-8,13,16H,4,9-12,18H2,1-3H3/b17-5+. The van der Waals surface area contributed by atoms with Crippen LogP contribution in [0.4, 0.5) is 0 Å². The minimum absolute atomic E-state index is 0.553. The molecule has 1 nitrogen and oxygen atoms in total. The molecule has 0 spiro atoms. The van der Waals surface area contributed by atoms with Gasteiger partial charge < -0.3 is 5.73 Å². The maximum absolute atomic E-state index is 5.65. The van der Waals surface area contributed by atoms with Crippen molar-refractivity contribution < 1.29 is 0 Å². The Bertz CT molecular complexity index is 369. The maximum Gasteiger partial charge on any atom is 0.00135 e. The zero-order valence-electron chi connectivity index (χ0n) is 12.1. The summed E-state index contributed by atoms with van der Waals surface area (Å²) in [7, 11) is 0. The van der Waals surface area contributed by atoms with Gasteiger partial charge in [0.25, 0.3) is 0 Å². The Labute approximate surface area is 112 Å². The Balaban J connectivity index is 2.41. The van der Waals surface area contributed by atoms with Crippen LogP contribution < -0.4 is 5.73 Å². The topological polar surface area (TPSA) is 26.0 Å². The molecule has 18 heavy (non-hydrogen) atoms. The van der Waals surface area contributed by atoms with E-state index in [1.807, 2.05) is 0 Å². The average Bonchev–Trinajstić information content (AvgIpc) is 2.31. The lowest BCUT2D eigenvalue weighted by Crippen LogP contribution is -2.06. The highest BCUT2D eigenvalue weighted by molar-refractivity contribution is 5.25. The zero-order chi connectivity index (χ0) is 13.5. The highest BCUT2D eigenvalue weighted by atomic mass is 14.6. The van der Waals surface area contributed by atoms with Gasteiger partial charge in [0.1, 0.15) is 0 Å². The normalized spacial score (nSPS) is 20.1. The summed E-state index contributed by atoms with van der Waals surface area (Å²) in [6.07, 6.45) is 13.5. The molecule has 0 aromatic carbocycles. The first-order valence-corrected chi connectivity index (χ1v) is 6.98. The summed E-state index contributed by atoms with van der Waals surface area (Å²) in [6, 6.07) is 0. The van der Waals surface area contributed by atoms with Crippen molar-refractivity contribution in [3.63, 3.8) is 0 Å².